The van der Waals surface area contributed by atoms with Gasteiger partial charge in [-0.25, -0.2) is 29.3 Å². The van der Waals surface area contributed by atoms with Gasteiger partial charge in [0.2, 0.25) is 0 Å². The third kappa shape index (κ3) is 8.01. The van der Waals surface area contributed by atoms with Crippen LogP contribution in [-0.4, -0.2) is 59.1 Å². The SMILES string of the molecule is COC(=O)c1ccc(-c2ccc(-c3nc(-c4ccc(-c5ccc(C(=O)OC)cc5)cc4)nc(-c4ccc(-c5ccc(C(=O)OC)cc5)c([N+](=O)[O-])c4)n3)cc2)cc1. The fourth-order valence-electron chi connectivity index (χ4n) is 6.19. The third-order valence-electron chi connectivity index (χ3n) is 9.27. The van der Waals surface area contributed by atoms with E-state index < -0.39 is 22.8 Å². The average Bonchev–Trinajstić information content (AvgIpc) is 3.28. The smallest absolute Gasteiger partial charge is 0.337 e. The van der Waals surface area contributed by atoms with E-state index in [1.165, 1.54) is 27.4 Å². The molecule has 7 aromatic rings. The zero-order valence-corrected chi connectivity index (χ0v) is 30.8. The van der Waals surface area contributed by atoms with Crippen LogP contribution in [-0.2, 0) is 14.2 Å². The number of aromatic nitrogens is 3. The van der Waals surface area contributed by atoms with Crippen molar-refractivity contribution >= 4 is 23.6 Å². The molecule has 0 atom stereocenters. The number of carbonyl (C=O) groups excluding carboxylic acids is 3. The van der Waals surface area contributed by atoms with E-state index in [4.69, 9.17) is 29.2 Å². The molecule has 7 rings (SSSR count). The van der Waals surface area contributed by atoms with Crippen molar-refractivity contribution < 1.29 is 33.5 Å². The Balaban J connectivity index is 1.28. The summed E-state index contributed by atoms with van der Waals surface area (Å²) < 4.78 is 14.4. The standard InChI is InChI=1S/C45H32N4O8/c1-55-43(50)34-18-8-29(9-19-34)27-4-14-32(15-5-27)40-46-41(33-16-6-28(7-17-33)30-10-20-35(21-11-30)44(51)56-2)48-42(47-40)37-24-25-38(39(26-37)49(53)54)31-12-22-36(23-13-31)45(52)57-3/h4-26H,1-3H3. The third-order valence-corrected chi connectivity index (χ3v) is 9.27. The molecular weight excluding hydrogens is 725 g/mol. The number of hydrogen-bond acceptors (Lipinski definition) is 11. The number of nitro groups is 1. The summed E-state index contributed by atoms with van der Waals surface area (Å²) in [6.45, 7) is 0. The Morgan fingerprint density at radius 3 is 1.04 bits per heavy atom. The molecule has 0 radical (unpaired) electrons. The van der Waals surface area contributed by atoms with Gasteiger partial charge in [0.15, 0.2) is 17.5 Å². The van der Waals surface area contributed by atoms with Gasteiger partial charge in [-0.15, -0.1) is 0 Å². The van der Waals surface area contributed by atoms with Gasteiger partial charge in [-0.1, -0.05) is 91.0 Å². The lowest BCUT2D eigenvalue weighted by atomic mass is 10.00. The topological polar surface area (TPSA) is 161 Å². The fourth-order valence-corrected chi connectivity index (χ4v) is 6.19. The number of hydrogen-bond donors (Lipinski definition) is 0. The van der Waals surface area contributed by atoms with E-state index in [2.05, 4.69) is 0 Å². The van der Waals surface area contributed by atoms with Crippen molar-refractivity contribution in [1.29, 1.82) is 0 Å². The Morgan fingerprint density at radius 1 is 0.421 bits per heavy atom. The maximum absolute atomic E-state index is 12.4. The lowest BCUT2D eigenvalue weighted by Crippen LogP contribution is -2.02. The second kappa shape index (κ2) is 16.2. The van der Waals surface area contributed by atoms with Crippen LogP contribution in [0.4, 0.5) is 5.69 Å². The number of carbonyl (C=O) groups is 3. The van der Waals surface area contributed by atoms with Crippen LogP contribution in [0.25, 0.3) is 67.5 Å². The molecular formula is C45H32N4O8. The normalized spacial score (nSPS) is 10.7. The van der Waals surface area contributed by atoms with Gasteiger partial charge in [0.05, 0.1) is 48.5 Å². The highest BCUT2D eigenvalue weighted by molar-refractivity contribution is 5.91. The van der Waals surface area contributed by atoms with E-state index >= 15 is 0 Å². The monoisotopic (exact) mass is 756 g/mol. The zero-order chi connectivity index (χ0) is 40.1. The van der Waals surface area contributed by atoms with Crippen LogP contribution in [0.2, 0.25) is 0 Å². The largest absolute Gasteiger partial charge is 0.465 e. The van der Waals surface area contributed by atoms with E-state index in [9.17, 15) is 24.5 Å². The zero-order valence-electron chi connectivity index (χ0n) is 30.8. The Morgan fingerprint density at radius 2 is 0.702 bits per heavy atom. The summed E-state index contributed by atoms with van der Waals surface area (Å²) in [5.41, 5.74) is 7.22. The van der Waals surface area contributed by atoms with Crippen LogP contribution in [0.5, 0.6) is 0 Å². The molecule has 280 valence electrons. The van der Waals surface area contributed by atoms with Crippen LogP contribution in [0.3, 0.4) is 0 Å². The molecule has 0 saturated carbocycles. The molecule has 0 saturated heterocycles. The molecule has 0 spiro atoms. The van der Waals surface area contributed by atoms with Gasteiger partial charge in [0.1, 0.15) is 0 Å². The first kappa shape index (κ1) is 37.5. The second-order valence-electron chi connectivity index (χ2n) is 12.7. The fraction of sp³-hybridized carbons (Fsp3) is 0.0667. The van der Waals surface area contributed by atoms with Gasteiger partial charge in [0.25, 0.3) is 5.69 Å². The molecule has 12 heteroatoms. The number of ether oxygens (including phenoxy) is 3. The van der Waals surface area contributed by atoms with Crippen molar-refractivity contribution in [2.75, 3.05) is 21.3 Å². The molecule has 0 N–H and O–H groups in total. The predicted molar refractivity (Wildman–Crippen MR) is 213 cm³/mol. The van der Waals surface area contributed by atoms with Gasteiger partial charge in [0, 0.05) is 22.8 Å². The predicted octanol–water partition coefficient (Wildman–Crippen LogP) is 9.14. The number of nitro benzene ring substituents is 1. The Bertz CT molecular complexity index is 2500. The molecule has 0 aliphatic heterocycles. The molecule has 12 nitrogen and oxygen atoms in total. The minimum absolute atomic E-state index is 0.174. The molecule has 0 amide bonds. The lowest BCUT2D eigenvalue weighted by molar-refractivity contribution is -0.384. The quantitative estimate of drug-likeness (QED) is 0.0566. The summed E-state index contributed by atoms with van der Waals surface area (Å²) in [6, 6.07) is 40.4. The Kier molecular flexibility index (Phi) is 10.7. The van der Waals surface area contributed by atoms with Crippen molar-refractivity contribution in [1.82, 2.24) is 15.0 Å². The van der Waals surface area contributed by atoms with Crippen LogP contribution < -0.4 is 0 Å². The number of nitrogens with zero attached hydrogens (tertiary/aromatic N) is 4. The van der Waals surface area contributed by atoms with E-state index in [0.29, 0.717) is 56.2 Å². The molecule has 6 aromatic carbocycles. The van der Waals surface area contributed by atoms with Crippen molar-refractivity contribution in [3.8, 4) is 67.5 Å². The average molecular weight is 757 g/mol. The number of benzene rings is 6. The van der Waals surface area contributed by atoms with Crippen LogP contribution in [0, 0.1) is 10.1 Å². The highest BCUT2D eigenvalue weighted by atomic mass is 16.6. The summed E-state index contributed by atoms with van der Waals surface area (Å²) in [7, 11) is 3.95. The van der Waals surface area contributed by atoms with Crippen LogP contribution in [0.15, 0.2) is 140 Å². The maximum atomic E-state index is 12.4. The molecule has 0 aliphatic rings. The summed E-state index contributed by atoms with van der Waals surface area (Å²) in [6.07, 6.45) is 0. The first-order chi connectivity index (χ1) is 27.6. The first-order valence-electron chi connectivity index (χ1n) is 17.5. The molecule has 0 aliphatic carbocycles. The highest BCUT2D eigenvalue weighted by Crippen LogP contribution is 2.35. The van der Waals surface area contributed by atoms with Crippen molar-refractivity contribution in [3.05, 3.63) is 166 Å². The van der Waals surface area contributed by atoms with Crippen molar-refractivity contribution in [3.63, 3.8) is 0 Å². The molecule has 0 fully saturated rings. The number of methoxy groups -OCH3 is 3. The molecule has 1 aromatic heterocycles. The maximum Gasteiger partial charge on any atom is 0.337 e. The van der Waals surface area contributed by atoms with E-state index in [-0.39, 0.29) is 11.5 Å². The van der Waals surface area contributed by atoms with Gasteiger partial charge in [-0.05, 0) is 70.3 Å². The van der Waals surface area contributed by atoms with Gasteiger partial charge in [-0.2, -0.15) is 0 Å². The molecule has 1 heterocycles. The molecule has 0 bridgehead atoms. The second-order valence-corrected chi connectivity index (χ2v) is 12.7. The Labute approximate surface area is 326 Å². The summed E-state index contributed by atoms with van der Waals surface area (Å²) in [4.78, 5) is 62.2. The first-order valence-corrected chi connectivity index (χ1v) is 17.5. The van der Waals surface area contributed by atoms with Crippen molar-refractivity contribution in [2.45, 2.75) is 0 Å². The molecule has 57 heavy (non-hydrogen) atoms. The molecule has 0 unspecified atom stereocenters. The minimum Gasteiger partial charge on any atom is -0.465 e. The van der Waals surface area contributed by atoms with E-state index in [1.807, 2.05) is 72.8 Å². The summed E-state index contributed by atoms with van der Waals surface area (Å²) in [5.74, 6) is -0.449. The Hall–Kier alpha value is -7.86. The minimum atomic E-state index is -0.513. The van der Waals surface area contributed by atoms with E-state index in [1.54, 1.807) is 60.7 Å². The lowest BCUT2D eigenvalue weighted by Gasteiger charge is -2.11. The van der Waals surface area contributed by atoms with Gasteiger partial charge in [-0.3, -0.25) is 10.1 Å². The summed E-state index contributed by atoms with van der Waals surface area (Å²) in [5, 5.41) is 12.4. The van der Waals surface area contributed by atoms with Gasteiger partial charge >= 0.3 is 17.9 Å². The number of rotatable bonds is 10. The van der Waals surface area contributed by atoms with Crippen LogP contribution >= 0.6 is 0 Å². The number of esters is 3. The van der Waals surface area contributed by atoms with E-state index in [0.717, 1.165) is 22.3 Å². The summed E-state index contributed by atoms with van der Waals surface area (Å²) >= 11 is 0. The highest BCUT2D eigenvalue weighted by Gasteiger charge is 2.20. The van der Waals surface area contributed by atoms with Gasteiger partial charge < -0.3 is 14.2 Å². The van der Waals surface area contributed by atoms with Crippen LogP contribution in [0.1, 0.15) is 31.1 Å². The van der Waals surface area contributed by atoms with Crippen molar-refractivity contribution in [2.24, 2.45) is 0 Å².